The van der Waals surface area contributed by atoms with Crippen molar-refractivity contribution in [1.82, 2.24) is 14.5 Å². The van der Waals surface area contributed by atoms with Crippen LogP contribution in [0.25, 0.3) is 11.0 Å². The maximum absolute atomic E-state index is 14.6. The van der Waals surface area contributed by atoms with Gasteiger partial charge < -0.3 is 10.1 Å². The molecule has 3 N–H and O–H groups in total. The van der Waals surface area contributed by atoms with Crippen molar-refractivity contribution in [1.29, 1.82) is 0 Å². The van der Waals surface area contributed by atoms with Crippen molar-refractivity contribution in [3.63, 3.8) is 0 Å². The Hall–Kier alpha value is -3.25. The number of hydrogen-bond acceptors (Lipinski definition) is 8. The number of sulfonamides is 1. The first-order valence-corrected chi connectivity index (χ1v) is 13.1. The third-order valence-electron chi connectivity index (χ3n) is 6.66. The molecule has 1 fully saturated rings. The van der Waals surface area contributed by atoms with Gasteiger partial charge in [0.25, 0.3) is 0 Å². The predicted octanol–water partition coefficient (Wildman–Crippen LogP) is 3.81. The van der Waals surface area contributed by atoms with Gasteiger partial charge in [0.05, 0.1) is 17.7 Å². The number of nitrogens with zero attached hydrogens (tertiary/aromatic N) is 5. The Balaban J connectivity index is 1.63. The van der Waals surface area contributed by atoms with Gasteiger partial charge in [0.2, 0.25) is 21.9 Å². The van der Waals surface area contributed by atoms with Crippen molar-refractivity contribution in [3.05, 3.63) is 36.3 Å². The first-order valence-electron chi connectivity index (χ1n) is 11.5. The van der Waals surface area contributed by atoms with E-state index in [4.69, 9.17) is 20.0 Å². The van der Waals surface area contributed by atoms with Crippen molar-refractivity contribution in [2.24, 2.45) is 10.2 Å². The van der Waals surface area contributed by atoms with Crippen LogP contribution >= 0.6 is 0 Å². The third-order valence-corrected chi connectivity index (χ3v) is 7.57. The number of aromatic nitrogens is 3. The van der Waals surface area contributed by atoms with Gasteiger partial charge in [-0.25, -0.2) is 27.9 Å². The molecule has 1 aliphatic carbocycles. The minimum atomic E-state index is -4.01. The molecular weight excluding hydrogens is 473 g/mol. The average molecular weight is 502 g/mol. The van der Waals surface area contributed by atoms with Crippen molar-refractivity contribution in [2.45, 2.75) is 62.4 Å². The molecule has 1 aromatic carbocycles. The van der Waals surface area contributed by atoms with Crippen LogP contribution in [0.15, 0.2) is 40.5 Å². The van der Waals surface area contributed by atoms with Gasteiger partial charge in [-0.3, -0.25) is 4.57 Å². The molecule has 1 spiro atoms. The van der Waals surface area contributed by atoms with Crippen molar-refractivity contribution in [2.75, 3.05) is 17.4 Å². The quantitative estimate of drug-likeness (QED) is 0.556. The Morgan fingerprint density at radius 3 is 2.57 bits per heavy atom. The average Bonchev–Trinajstić information content (AvgIpc) is 3.20. The largest absolute Gasteiger partial charge is 0.481 e. The molecule has 35 heavy (non-hydrogen) atoms. The molecule has 0 bridgehead atoms. The van der Waals surface area contributed by atoms with E-state index in [0.717, 1.165) is 49.4 Å². The molecule has 1 saturated carbocycles. The van der Waals surface area contributed by atoms with Crippen molar-refractivity contribution in [3.8, 4) is 0 Å². The van der Waals surface area contributed by atoms with Crippen LogP contribution in [0.1, 0.15) is 46.0 Å². The van der Waals surface area contributed by atoms with Gasteiger partial charge in [0.15, 0.2) is 0 Å². The first kappa shape index (κ1) is 23.5. The molecule has 3 heterocycles. The number of benzene rings is 1. The summed E-state index contributed by atoms with van der Waals surface area (Å²) in [4.78, 5) is 8.82. The summed E-state index contributed by atoms with van der Waals surface area (Å²) in [5.74, 6) is 0.978. The summed E-state index contributed by atoms with van der Waals surface area (Å²) in [6.45, 7) is 4.12. The molecule has 1 aliphatic heterocycles. The summed E-state index contributed by atoms with van der Waals surface area (Å²) in [6.07, 6.45) is 6.67. The number of halogens is 1. The van der Waals surface area contributed by atoms with Crippen LogP contribution < -0.4 is 15.5 Å². The second kappa shape index (κ2) is 8.45. The Bertz CT molecular complexity index is 1430. The van der Waals surface area contributed by atoms with E-state index >= 15 is 0 Å². The lowest BCUT2D eigenvalue weighted by atomic mass is 9.80. The summed E-state index contributed by atoms with van der Waals surface area (Å²) in [7, 11) is -2.36. The summed E-state index contributed by atoms with van der Waals surface area (Å²) in [5, 5.41) is 15.6. The van der Waals surface area contributed by atoms with Gasteiger partial charge in [0.1, 0.15) is 22.8 Å². The predicted molar refractivity (Wildman–Crippen MR) is 132 cm³/mol. The number of ether oxygens (including phenoxy) is 1. The van der Waals surface area contributed by atoms with Crippen LogP contribution in [0, 0.1) is 5.82 Å². The third kappa shape index (κ3) is 3.90. The van der Waals surface area contributed by atoms with E-state index in [0.29, 0.717) is 11.5 Å². The van der Waals surface area contributed by atoms with E-state index in [1.807, 2.05) is 11.1 Å². The SMILES string of the molecule is COC1=NN(C(C)C)c2cc3cnc(Nc4ccc(S(N)(=O)=O)cc4F)nc3n2C12CCCCC2. The number of nitrogens with one attached hydrogen (secondary N) is 1. The molecule has 0 radical (unpaired) electrons. The van der Waals surface area contributed by atoms with E-state index < -0.39 is 21.4 Å². The van der Waals surface area contributed by atoms with Gasteiger partial charge in [-0.15, -0.1) is 5.10 Å². The summed E-state index contributed by atoms with van der Waals surface area (Å²) in [5.41, 5.74) is 0.275. The minimum Gasteiger partial charge on any atom is -0.481 e. The lowest BCUT2D eigenvalue weighted by Crippen LogP contribution is -2.50. The minimum absolute atomic E-state index is 0.0394. The zero-order valence-electron chi connectivity index (χ0n) is 19.8. The molecule has 5 rings (SSSR count). The van der Waals surface area contributed by atoms with Crippen LogP contribution in [0.2, 0.25) is 0 Å². The molecule has 12 heteroatoms. The summed E-state index contributed by atoms with van der Waals surface area (Å²) in [6, 6.07) is 5.51. The number of methoxy groups -OCH3 is 1. The van der Waals surface area contributed by atoms with E-state index in [2.05, 4.69) is 28.7 Å². The van der Waals surface area contributed by atoms with Gasteiger partial charge in [-0.2, -0.15) is 4.98 Å². The molecule has 0 unspecified atom stereocenters. The van der Waals surface area contributed by atoms with Crippen molar-refractivity contribution >= 4 is 44.4 Å². The standard InChI is InChI=1S/C23H28FN7O3S/c1-14(2)31-19-11-15-13-26-22(27-18-8-7-16(12-17(18)24)35(25,32)33)28-20(15)30(19)23(21(29-31)34-3)9-5-4-6-10-23/h7-8,11-14H,4-6,9-10H2,1-3H3,(H2,25,32,33)(H,26,27,28). The summed E-state index contributed by atoms with van der Waals surface area (Å²) < 4.78 is 45.7. The number of fused-ring (bicyclic) bond motifs is 4. The number of primary sulfonamides is 1. The number of hydrogen-bond donors (Lipinski definition) is 2. The lowest BCUT2D eigenvalue weighted by molar-refractivity contribution is 0.219. The Morgan fingerprint density at radius 2 is 1.94 bits per heavy atom. The van der Waals surface area contributed by atoms with Crippen LogP contribution in [0.5, 0.6) is 0 Å². The van der Waals surface area contributed by atoms with Crippen molar-refractivity contribution < 1.29 is 17.5 Å². The fraction of sp³-hybridized carbons (Fsp3) is 0.435. The fourth-order valence-electron chi connectivity index (χ4n) is 5.04. The molecule has 3 aromatic rings. The molecule has 10 nitrogen and oxygen atoms in total. The number of anilines is 3. The Kier molecular flexibility index (Phi) is 5.67. The highest BCUT2D eigenvalue weighted by molar-refractivity contribution is 7.89. The molecule has 0 saturated heterocycles. The topological polar surface area (TPSA) is 128 Å². The van der Waals surface area contributed by atoms with Gasteiger partial charge in [-0.1, -0.05) is 19.3 Å². The Labute approximate surface area is 203 Å². The van der Waals surface area contributed by atoms with E-state index in [1.165, 1.54) is 12.1 Å². The molecule has 2 aliphatic rings. The van der Waals surface area contributed by atoms with Gasteiger partial charge >= 0.3 is 0 Å². The highest BCUT2D eigenvalue weighted by Gasteiger charge is 2.47. The fourth-order valence-corrected chi connectivity index (χ4v) is 5.57. The maximum atomic E-state index is 14.6. The smallest absolute Gasteiger partial charge is 0.238 e. The zero-order valence-corrected chi connectivity index (χ0v) is 20.6. The van der Waals surface area contributed by atoms with Crippen LogP contribution in [-0.2, 0) is 20.3 Å². The summed E-state index contributed by atoms with van der Waals surface area (Å²) >= 11 is 0. The molecule has 186 valence electrons. The van der Waals surface area contributed by atoms with E-state index in [-0.39, 0.29) is 22.6 Å². The first-order chi connectivity index (χ1) is 16.6. The number of nitrogens with two attached hydrogens (primary N) is 1. The molecule has 0 amide bonds. The zero-order chi connectivity index (χ0) is 25.0. The Morgan fingerprint density at radius 1 is 1.20 bits per heavy atom. The second-order valence-electron chi connectivity index (χ2n) is 9.26. The van der Waals surface area contributed by atoms with Gasteiger partial charge in [0, 0.05) is 17.6 Å². The molecule has 0 atom stereocenters. The maximum Gasteiger partial charge on any atom is 0.238 e. The van der Waals surface area contributed by atoms with Crippen LogP contribution in [-0.4, -0.2) is 42.0 Å². The monoisotopic (exact) mass is 501 g/mol. The van der Waals surface area contributed by atoms with E-state index in [1.54, 1.807) is 13.3 Å². The second-order valence-corrected chi connectivity index (χ2v) is 10.8. The highest BCUT2D eigenvalue weighted by Crippen LogP contribution is 2.46. The van der Waals surface area contributed by atoms with Crippen LogP contribution in [0.4, 0.5) is 21.8 Å². The number of hydrazone groups is 1. The highest BCUT2D eigenvalue weighted by atomic mass is 32.2. The normalized spacial score (nSPS) is 17.5. The number of rotatable bonds is 4. The molecular formula is C23H28FN7O3S. The van der Waals surface area contributed by atoms with Gasteiger partial charge in [-0.05, 0) is 51.0 Å². The van der Waals surface area contributed by atoms with Crippen LogP contribution in [0.3, 0.4) is 0 Å². The molecule has 2 aromatic heterocycles. The van der Waals surface area contributed by atoms with E-state index in [9.17, 15) is 12.8 Å². The lowest BCUT2D eigenvalue weighted by Gasteiger charge is -2.44.